The van der Waals surface area contributed by atoms with Gasteiger partial charge in [-0.25, -0.2) is 18.4 Å². The standard InChI is InChI=1S/C42H26F2N2O4/c43-29-17-19-37-33(21-29)39(31-5-1-3-7-35(31)45(37)23-25-9-13-27(14-10-25)41(47)48)40-32-6-2-4-8-36(32)46(38-20-18-30(44)22-34(38)40)24-26-11-15-28(16-12-26)42(49)50/h1-22H,23-24H2/p+2. The number of nitrogens with zero attached hydrogens (tertiary/aromatic N) is 2. The summed E-state index contributed by atoms with van der Waals surface area (Å²) in [6, 6.07) is 38.5. The Morgan fingerprint density at radius 1 is 0.460 bits per heavy atom. The molecule has 0 saturated heterocycles. The Labute approximate surface area is 284 Å². The minimum Gasteiger partial charge on any atom is -0.478 e. The molecule has 8 rings (SSSR count). The third-order valence-corrected chi connectivity index (χ3v) is 9.30. The lowest BCUT2D eigenvalue weighted by Gasteiger charge is -2.17. The minimum absolute atomic E-state index is 0.190. The van der Waals surface area contributed by atoms with Crippen LogP contribution in [0.5, 0.6) is 0 Å². The van der Waals surface area contributed by atoms with E-state index in [1.165, 1.54) is 24.3 Å². The summed E-state index contributed by atoms with van der Waals surface area (Å²) >= 11 is 0. The Morgan fingerprint density at radius 3 is 1.20 bits per heavy atom. The van der Waals surface area contributed by atoms with Crippen molar-refractivity contribution in [3.8, 4) is 11.1 Å². The SMILES string of the molecule is O=C(O)c1ccc(C[n+]2c3ccccc3c(-c3c4ccccc4[n+](Cc4ccc(C(=O)O)cc4)c4ccc(F)cc34)c3cc(F)ccc32)cc1. The first-order chi connectivity index (χ1) is 24.3. The Morgan fingerprint density at radius 2 is 0.820 bits per heavy atom. The average molecular weight is 663 g/mol. The van der Waals surface area contributed by atoms with Gasteiger partial charge in [0.1, 0.15) is 11.6 Å². The highest BCUT2D eigenvalue weighted by molar-refractivity contribution is 6.18. The Bertz CT molecular complexity index is 2490. The number of halogens is 2. The van der Waals surface area contributed by atoms with Crippen molar-refractivity contribution in [2.75, 3.05) is 0 Å². The van der Waals surface area contributed by atoms with Crippen LogP contribution in [0.3, 0.4) is 0 Å². The first-order valence-electron chi connectivity index (χ1n) is 16.0. The van der Waals surface area contributed by atoms with Gasteiger partial charge in [0.15, 0.2) is 13.1 Å². The van der Waals surface area contributed by atoms with Gasteiger partial charge in [-0.3, -0.25) is 0 Å². The number of aromatic nitrogens is 2. The molecule has 2 heterocycles. The molecule has 0 bridgehead atoms. The number of hydrogen-bond acceptors (Lipinski definition) is 2. The van der Waals surface area contributed by atoms with Crippen molar-refractivity contribution in [2.24, 2.45) is 0 Å². The average Bonchev–Trinajstić information content (AvgIpc) is 3.12. The number of hydrogen-bond donors (Lipinski definition) is 2. The van der Waals surface area contributed by atoms with Crippen LogP contribution in [0.4, 0.5) is 8.78 Å². The van der Waals surface area contributed by atoms with Crippen LogP contribution in [0.25, 0.3) is 54.7 Å². The molecule has 0 aliphatic carbocycles. The van der Waals surface area contributed by atoms with E-state index in [4.69, 9.17) is 0 Å². The lowest BCUT2D eigenvalue weighted by molar-refractivity contribution is -0.636. The zero-order valence-electron chi connectivity index (χ0n) is 26.5. The summed E-state index contributed by atoms with van der Waals surface area (Å²) in [6.45, 7) is 0.794. The van der Waals surface area contributed by atoms with Crippen LogP contribution in [0.1, 0.15) is 31.8 Å². The number of aromatic carboxylic acids is 2. The van der Waals surface area contributed by atoms with Crippen LogP contribution in [-0.4, -0.2) is 22.2 Å². The van der Waals surface area contributed by atoms with Crippen molar-refractivity contribution in [3.05, 3.63) is 167 Å². The van der Waals surface area contributed by atoms with E-state index in [1.807, 2.05) is 48.5 Å². The summed E-state index contributed by atoms with van der Waals surface area (Å²) in [5.41, 5.74) is 6.90. The highest BCUT2D eigenvalue weighted by Crippen LogP contribution is 2.42. The third-order valence-electron chi connectivity index (χ3n) is 9.30. The van der Waals surface area contributed by atoms with Crippen molar-refractivity contribution >= 4 is 55.6 Å². The van der Waals surface area contributed by atoms with E-state index in [0.29, 0.717) is 23.9 Å². The summed E-state index contributed by atoms with van der Waals surface area (Å²) in [6.07, 6.45) is 0. The van der Waals surface area contributed by atoms with Gasteiger partial charge in [0.2, 0.25) is 22.1 Å². The van der Waals surface area contributed by atoms with E-state index in [1.54, 1.807) is 60.7 Å². The highest BCUT2D eigenvalue weighted by Gasteiger charge is 2.28. The lowest BCUT2D eigenvalue weighted by atomic mass is 9.89. The molecule has 0 fully saturated rings. The Kier molecular flexibility index (Phi) is 7.49. The molecule has 8 heteroatoms. The van der Waals surface area contributed by atoms with E-state index in [2.05, 4.69) is 9.13 Å². The van der Waals surface area contributed by atoms with E-state index in [-0.39, 0.29) is 11.1 Å². The molecule has 0 amide bonds. The second-order valence-electron chi connectivity index (χ2n) is 12.3. The maximum absolute atomic E-state index is 15.3. The molecular weight excluding hydrogens is 634 g/mol. The molecule has 0 aliphatic heterocycles. The quantitative estimate of drug-likeness (QED) is 0.133. The molecule has 2 N–H and O–H groups in total. The maximum atomic E-state index is 15.3. The van der Waals surface area contributed by atoms with E-state index < -0.39 is 23.6 Å². The smallest absolute Gasteiger partial charge is 0.335 e. The second-order valence-corrected chi connectivity index (χ2v) is 12.3. The van der Waals surface area contributed by atoms with Gasteiger partial charge in [-0.15, -0.1) is 0 Å². The first-order valence-corrected chi connectivity index (χ1v) is 16.0. The molecule has 0 saturated carbocycles. The van der Waals surface area contributed by atoms with Crippen LogP contribution in [0, 0.1) is 11.6 Å². The zero-order chi connectivity index (χ0) is 34.5. The topological polar surface area (TPSA) is 82.4 Å². The number of carboxylic acid groups (broad SMARTS) is 2. The van der Waals surface area contributed by atoms with Gasteiger partial charge in [0.25, 0.3) is 0 Å². The van der Waals surface area contributed by atoms with Crippen LogP contribution in [0.2, 0.25) is 0 Å². The number of carboxylic acids is 2. The number of rotatable bonds is 7. The summed E-state index contributed by atoms with van der Waals surface area (Å²) in [4.78, 5) is 23.0. The summed E-state index contributed by atoms with van der Waals surface area (Å²) in [7, 11) is 0. The summed E-state index contributed by atoms with van der Waals surface area (Å²) in [5.74, 6) is -2.84. The van der Waals surface area contributed by atoms with Gasteiger partial charge in [-0.05, 0) is 60.7 Å². The molecule has 242 valence electrons. The van der Waals surface area contributed by atoms with Gasteiger partial charge in [0, 0.05) is 46.5 Å². The fourth-order valence-corrected chi connectivity index (χ4v) is 7.03. The van der Waals surface area contributed by atoms with Gasteiger partial charge >= 0.3 is 11.9 Å². The summed E-state index contributed by atoms with van der Waals surface area (Å²) < 4.78 is 34.8. The normalized spacial score (nSPS) is 11.5. The zero-order valence-corrected chi connectivity index (χ0v) is 26.5. The predicted octanol–water partition coefficient (Wildman–Crippen LogP) is 8.31. The molecule has 8 aromatic rings. The van der Waals surface area contributed by atoms with Crippen LogP contribution < -0.4 is 9.13 Å². The number of para-hydroxylation sites is 2. The number of pyridine rings is 2. The van der Waals surface area contributed by atoms with Crippen molar-refractivity contribution in [2.45, 2.75) is 13.1 Å². The molecule has 0 atom stereocenters. The molecule has 0 unspecified atom stereocenters. The second kappa shape index (κ2) is 12.2. The molecule has 6 nitrogen and oxygen atoms in total. The van der Waals surface area contributed by atoms with Crippen molar-refractivity contribution in [3.63, 3.8) is 0 Å². The molecule has 0 aliphatic rings. The van der Waals surface area contributed by atoms with Crippen molar-refractivity contribution in [1.29, 1.82) is 0 Å². The largest absolute Gasteiger partial charge is 0.478 e. The Balaban J connectivity index is 1.44. The lowest BCUT2D eigenvalue weighted by Crippen LogP contribution is -2.37. The van der Waals surface area contributed by atoms with Gasteiger partial charge in [-0.1, -0.05) is 48.5 Å². The third kappa shape index (κ3) is 5.27. The molecule has 6 aromatic carbocycles. The number of benzene rings is 6. The molecule has 50 heavy (non-hydrogen) atoms. The number of carbonyl (C=O) groups is 2. The molecule has 2 aromatic heterocycles. The molecule has 0 spiro atoms. The van der Waals surface area contributed by atoms with Crippen LogP contribution in [0.15, 0.2) is 133 Å². The van der Waals surface area contributed by atoms with Gasteiger partial charge in [0.05, 0.1) is 32.7 Å². The molecule has 0 radical (unpaired) electrons. The maximum Gasteiger partial charge on any atom is 0.335 e. The van der Waals surface area contributed by atoms with E-state index >= 15 is 8.78 Å². The monoisotopic (exact) mass is 662 g/mol. The fraction of sp³-hybridized carbons (Fsp3) is 0.0476. The van der Waals surface area contributed by atoms with Crippen molar-refractivity contribution < 1.29 is 37.7 Å². The highest BCUT2D eigenvalue weighted by atomic mass is 19.1. The predicted molar refractivity (Wildman–Crippen MR) is 187 cm³/mol. The first kappa shape index (κ1) is 30.8. The van der Waals surface area contributed by atoms with E-state index in [0.717, 1.165) is 55.1 Å². The van der Waals surface area contributed by atoms with E-state index in [9.17, 15) is 19.8 Å². The fourth-order valence-electron chi connectivity index (χ4n) is 7.03. The number of fused-ring (bicyclic) bond motifs is 4. The minimum atomic E-state index is -1.00. The Hall–Kier alpha value is -6.54. The van der Waals surface area contributed by atoms with Gasteiger partial charge in [-0.2, -0.15) is 9.13 Å². The van der Waals surface area contributed by atoms with Gasteiger partial charge < -0.3 is 10.2 Å². The van der Waals surface area contributed by atoms with Crippen molar-refractivity contribution in [1.82, 2.24) is 0 Å². The van der Waals surface area contributed by atoms with Crippen LogP contribution >= 0.6 is 0 Å². The summed E-state index contributed by atoms with van der Waals surface area (Å²) in [5, 5.41) is 21.8. The molecular formula is C42H28F2N2O4+2. The van der Waals surface area contributed by atoms with Crippen LogP contribution in [-0.2, 0) is 13.1 Å².